The fourth-order valence-corrected chi connectivity index (χ4v) is 7.43. The minimum atomic E-state index is -1.21. The van der Waals surface area contributed by atoms with Crippen LogP contribution in [0.3, 0.4) is 0 Å². The van der Waals surface area contributed by atoms with E-state index >= 15 is 0 Å². The van der Waals surface area contributed by atoms with Crippen LogP contribution in [-0.2, 0) is 9.47 Å². The van der Waals surface area contributed by atoms with E-state index in [9.17, 15) is 30.6 Å². The lowest BCUT2D eigenvalue weighted by Gasteiger charge is -2.17. The predicted molar refractivity (Wildman–Crippen MR) is 182 cm³/mol. The maximum absolute atomic E-state index is 10.2. The van der Waals surface area contributed by atoms with Crippen molar-refractivity contribution >= 4 is 57.2 Å². The molecule has 4 aliphatic rings. The first-order chi connectivity index (χ1) is 24.2. The fraction of sp³-hybridized carbons (Fsp3) is 0.667. The van der Waals surface area contributed by atoms with E-state index in [2.05, 4.69) is 40.5 Å². The Bertz CT molecular complexity index is 1660. The summed E-state index contributed by atoms with van der Waals surface area (Å²) in [6.07, 6.45) is 3.54. The van der Waals surface area contributed by atoms with E-state index in [-0.39, 0.29) is 16.0 Å². The van der Waals surface area contributed by atoms with Gasteiger partial charge in [-0.15, -0.1) is 0 Å². The molecule has 8 atom stereocenters. The van der Waals surface area contributed by atoms with Crippen molar-refractivity contribution in [3.05, 3.63) is 23.2 Å². The molecule has 0 unspecified atom stereocenters. The molecule has 4 aromatic heterocycles. The molecule has 4 aromatic rings. The highest BCUT2D eigenvalue weighted by Gasteiger charge is 2.45. The minimum Gasteiger partial charge on any atom is -0.412 e. The van der Waals surface area contributed by atoms with Crippen LogP contribution >= 0.6 is 23.2 Å². The molecule has 2 saturated carbocycles. The van der Waals surface area contributed by atoms with Gasteiger partial charge in [-0.3, -0.25) is 9.13 Å². The maximum Gasteiger partial charge on any atom is 0.226 e. The zero-order chi connectivity index (χ0) is 35.1. The molecule has 8 rings (SSSR count). The molecule has 21 heteroatoms. The normalized spacial score (nSPS) is 29.8. The number of aromatic nitrogens is 8. The molecule has 0 amide bonds. The topological polar surface area (TPSA) is 283 Å². The Kier molecular flexibility index (Phi) is 11.7. The number of rotatable bonds is 8. The Morgan fingerprint density at radius 1 is 0.627 bits per heavy atom. The monoisotopic (exact) mass is 756 g/mol. The Morgan fingerprint density at radius 3 is 1.33 bits per heavy atom. The lowest BCUT2D eigenvalue weighted by Crippen LogP contribution is -2.33. The summed E-state index contributed by atoms with van der Waals surface area (Å²) in [5.74, 6) is 1.10. The highest BCUT2D eigenvalue weighted by Crippen LogP contribution is 2.35. The number of anilines is 2. The average Bonchev–Trinajstić information content (AvgIpc) is 3.96. The Labute approximate surface area is 300 Å². The van der Waals surface area contributed by atoms with E-state index in [1.807, 2.05) is 0 Å². The minimum absolute atomic E-state index is 0. The van der Waals surface area contributed by atoms with Crippen LogP contribution in [0.25, 0.3) is 22.3 Å². The number of halogens is 2. The zero-order valence-corrected chi connectivity index (χ0v) is 28.8. The number of nitrogens with one attached hydrogen (secondary N) is 2. The number of ether oxygens (including phenoxy) is 2. The third-order valence-corrected chi connectivity index (χ3v) is 10.1. The summed E-state index contributed by atoms with van der Waals surface area (Å²) < 4.78 is 14.1. The van der Waals surface area contributed by atoms with Crippen molar-refractivity contribution in [2.75, 3.05) is 23.8 Å². The van der Waals surface area contributed by atoms with Crippen molar-refractivity contribution in [2.24, 2.45) is 0 Å². The SMILES string of the molecule is O.OC[C@H]1O[C@@H](n2cnc3c(NC4CCCC4)nc(Cl)nc32)[C@H](O)[C@@H]1O.OC[C@H]1O[C@@H](n2cnc3c(NC4CCCC4)nc(Cl)nc32)[C@H](O)[C@@H]1O. The summed E-state index contributed by atoms with van der Waals surface area (Å²) in [5.41, 5.74) is 1.84. The second-order valence-corrected chi connectivity index (χ2v) is 13.7. The van der Waals surface area contributed by atoms with Crippen LogP contribution < -0.4 is 10.6 Å². The second-order valence-electron chi connectivity index (χ2n) is 13.0. The van der Waals surface area contributed by atoms with Gasteiger partial charge < -0.3 is 56.2 Å². The summed E-state index contributed by atoms with van der Waals surface area (Å²) in [6.45, 7) is -0.794. The summed E-state index contributed by atoms with van der Waals surface area (Å²) in [5, 5.41) is 65.7. The van der Waals surface area contributed by atoms with Gasteiger partial charge in [0.15, 0.2) is 46.4 Å². The van der Waals surface area contributed by atoms with Gasteiger partial charge in [0.2, 0.25) is 10.6 Å². The summed E-state index contributed by atoms with van der Waals surface area (Å²) in [6, 6.07) is 0.654. The molecule has 2 aliphatic heterocycles. The predicted octanol–water partition coefficient (Wildman–Crippen LogP) is 0.0667. The number of aliphatic hydroxyl groups is 6. The summed E-state index contributed by atoms with van der Waals surface area (Å²) in [4.78, 5) is 25.6. The van der Waals surface area contributed by atoms with E-state index in [1.54, 1.807) is 0 Å². The van der Waals surface area contributed by atoms with Gasteiger partial charge in [0.1, 0.15) is 36.6 Å². The molecule has 4 fully saturated rings. The lowest BCUT2D eigenvalue weighted by molar-refractivity contribution is -0.0511. The summed E-state index contributed by atoms with van der Waals surface area (Å²) >= 11 is 12.1. The number of hydrogen-bond acceptors (Lipinski definition) is 16. The molecule has 0 aromatic carbocycles. The summed E-state index contributed by atoms with van der Waals surface area (Å²) in [7, 11) is 0. The third-order valence-electron chi connectivity index (χ3n) is 9.76. The van der Waals surface area contributed by atoms with Crippen LogP contribution in [0.15, 0.2) is 12.7 Å². The standard InChI is InChI=1S/2C15H20ClN5O4.H2O/c2*16-15-19-12(18-7-3-1-2-4-7)9-13(20-15)21(6-17-9)14-11(24)10(23)8(5-22)25-14;/h2*6-8,10-11,14,22-24H,1-5H2,(H,18,19,20);1H2/t2*8-,10-,11-,14-;/m11./s1. The van der Waals surface area contributed by atoms with Gasteiger partial charge in [-0.25, -0.2) is 9.97 Å². The second kappa shape index (κ2) is 15.9. The number of imidazole rings is 2. The molecule has 2 aliphatic carbocycles. The van der Waals surface area contributed by atoms with Crippen molar-refractivity contribution in [1.82, 2.24) is 39.0 Å². The number of aliphatic hydroxyl groups excluding tert-OH is 6. The molecule has 6 heterocycles. The number of nitrogens with zero attached hydrogens (tertiary/aromatic N) is 8. The van der Waals surface area contributed by atoms with Crippen LogP contribution in [-0.4, -0.2) is 137 Å². The highest BCUT2D eigenvalue weighted by molar-refractivity contribution is 6.29. The number of fused-ring (bicyclic) bond motifs is 2. The molecular weight excluding hydrogens is 715 g/mol. The van der Waals surface area contributed by atoms with Crippen molar-refractivity contribution < 1.29 is 45.6 Å². The van der Waals surface area contributed by atoms with Crippen LogP contribution in [0.4, 0.5) is 11.6 Å². The van der Waals surface area contributed by atoms with E-state index < -0.39 is 62.3 Å². The van der Waals surface area contributed by atoms with Crippen LogP contribution in [0.1, 0.15) is 63.8 Å². The molecule has 280 valence electrons. The largest absolute Gasteiger partial charge is 0.412 e. The van der Waals surface area contributed by atoms with Gasteiger partial charge >= 0.3 is 0 Å². The Balaban J connectivity index is 0.000000172. The molecule has 19 nitrogen and oxygen atoms in total. The van der Waals surface area contributed by atoms with Crippen LogP contribution in [0.5, 0.6) is 0 Å². The molecule has 0 spiro atoms. The molecule has 51 heavy (non-hydrogen) atoms. The lowest BCUT2D eigenvalue weighted by atomic mass is 10.1. The average molecular weight is 758 g/mol. The van der Waals surface area contributed by atoms with Gasteiger partial charge in [0.05, 0.1) is 25.9 Å². The highest BCUT2D eigenvalue weighted by atomic mass is 35.5. The van der Waals surface area contributed by atoms with Gasteiger partial charge in [-0.05, 0) is 48.9 Å². The van der Waals surface area contributed by atoms with Crippen LogP contribution in [0.2, 0.25) is 10.6 Å². The van der Waals surface area contributed by atoms with E-state index in [0.717, 1.165) is 25.7 Å². The van der Waals surface area contributed by atoms with Crippen molar-refractivity contribution in [2.45, 2.75) is 113 Å². The Hall–Kier alpha value is -3.08. The van der Waals surface area contributed by atoms with E-state index in [0.29, 0.717) is 46.0 Å². The van der Waals surface area contributed by atoms with E-state index in [4.69, 9.17) is 32.7 Å². The molecule has 2 saturated heterocycles. The van der Waals surface area contributed by atoms with Gasteiger partial charge in [0, 0.05) is 12.1 Å². The van der Waals surface area contributed by atoms with Gasteiger partial charge in [-0.2, -0.15) is 19.9 Å². The van der Waals surface area contributed by atoms with Crippen molar-refractivity contribution in [3.8, 4) is 0 Å². The van der Waals surface area contributed by atoms with Gasteiger partial charge in [0.25, 0.3) is 0 Å². The Morgan fingerprint density at radius 2 is 1.00 bits per heavy atom. The van der Waals surface area contributed by atoms with Crippen molar-refractivity contribution in [3.63, 3.8) is 0 Å². The first-order valence-corrected chi connectivity index (χ1v) is 17.5. The van der Waals surface area contributed by atoms with Gasteiger partial charge in [-0.1, -0.05) is 25.7 Å². The molecule has 0 radical (unpaired) electrons. The molecular formula is C30H42Cl2N10O9. The fourth-order valence-electron chi connectivity index (χ4n) is 7.10. The molecule has 0 bridgehead atoms. The molecule has 10 N–H and O–H groups in total. The smallest absolute Gasteiger partial charge is 0.226 e. The first kappa shape index (κ1) is 37.7. The maximum atomic E-state index is 10.2. The van der Waals surface area contributed by atoms with Crippen molar-refractivity contribution in [1.29, 1.82) is 0 Å². The quantitative estimate of drug-likeness (QED) is 0.110. The first-order valence-electron chi connectivity index (χ1n) is 16.7. The van der Waals surface area contributed by atoms with E-state index in [1.165, 1.54) is 47.5 Å². The number of hydrogen-bond donors (Lipinski definition) is 8. The zero-order valence-electron chi connectivity index (χ0n) is 27.3. The third kappa shape index (κ3) is 7.42. The van der Waals surface area contributed by atoms with Crippen LogP contribution in [0, 0.1) is 0 Å².